The van der Waals surface area contributed by atoms with Gasteiger partial charge in [-0.25, -0.2) is 0 Å². The summed E-state index contributed by atoms with van der Waals surface area (Å²) in [5.74, 6) is 1.11. The van der Waals surface area contributed by atoms with Gasteiger partial charge in [0.15, 0.2) is 11.5 Å². The molecule has 1 unspecified atom stereocenters. The Kier molecular flexibility index (Phi) is 5.88. The highest BCUT2D eigenvalue weighted by Gasteiger charge is 2.53. The number of nitrogens with one attached hydrogen (secondary N) is 1. The Morgan fingerprint density at radius 3 is 2.44 bits per heavy atom. The Labute approximate surface area is 199 Å². The van der Waals surface area contributed by atoms with Gasteiger partial charge in [0, 0.05) is 17.7 Å². The second kappa shape index (κ2) is 8.85. The largest absolute Gasteiger partial charge is 0.493 e. The molecule has 0 radical (unpaired) electrons. The molecule has 2 aromatic carbocycles. The van der Waals surface area contributed by atoms with E-state index < -0.39 is 17.5 Å². The Bertz CT molecular complexity index is 1120. The SMILES string of the molecule is COc1ccc(-c2ccc3c(c2)CNC3=O)c(OC(CC2CCC2)C2(C(=O)O)CCC2)c1OC. The second-order valence-electron chi connectivity index (χ2n) is 9.69. The normalized spacial score (nSPS) is 19.3. The maximum absolute atomic E-state index is 12.4. The van der Waals surface area contributed by atoms with Crippen molar-refractivity contribution in [1.82, 2.24) is 5.32 Å². The van der Waals surface area contributed by atoms with Gasteiger partial charge in [-0.15, -0.1) is 0 Å². The highest BCUT2D eigenvalue weighted by Crippen LogP contribution is 2.52. The summed E-state index contributed by atoms with van der Waals surface area (Å²) in [6.07, 6.45) is 5.81. The van der Waals surface area contributed by atoms with Crippen molar-refractivity contribution in [3.63, 3.8) is 0 Å². The molecule has 1 heterocycles. The molecular formula is C27H31NO6. The minimum atomic E-state index is -0.880. The zero-order valence-corrected chi connectivity index (χ0v) is 19.7. The molecule has 2 N–H and O–H groups in total. The van der Waals surface area contributed by atoms with Gasteiger partial charge < -0.3 is 24.6 Å². The molecule has 1 aliphatic heterocycles. The molecule has 180 valence electrons. The summed E-state index contributed by atoms with van der Waals surface area (Å²) < 4.78 is 18.0. The van der Waals surface area contributed by atoms with Crippen LogP contribution in [-0.2, 0) is 11.3 Å². The molecule has 0 bridgehead atoms. The average Bonchev–Trinajstić information content (AvgIpc) is 3.14. The molecule has 0 saturated heterocycles. The first-order valence-electron chi connectivity index (χ1n) is 12.0. The molecule has 2 aliphatic carbocycles. The van der Waals surface area contributed by atoms with Crippen molar-refractivity contribution in [1.29, 1.82) is 0 Å². The van der Waals surface area contributed by atoms with Crippen molar-refractivity contribution in [2.45, 2.75) is 57.6 Å². The Morgan fingerprint density at radius 2 is 1.85 bits per heavy atom. The number of amides is 1. The predicted molar refractivity (Wildman–Crippen MR) is 126 cm³/mol. The molecule has 7 heteroatoms. The van der Waals surface area contributed by atoms with E-state index in [-0.39, 0.29) is 5.91 Å². The zero-order valence-electron chi connectivity index (χ0n) is 19.7. The quantitative estimate of drug-likeness (QED) is 0.552. The van der Waals surface area contributed by atoms with Gasteiger partial charge >= 0.3 is 5.97 Å². The van der Waals surface area contributed by atoms with E-state index in [4.69, 9.17) is 14.2 Å². The van der Waals surface area contributed by atoms with Crippen LogP contribution in [0, 0.1) is 11.3 Å². The third kappa shape index (κ3) is 3.67. The minimum absolute atomic E-state index is 0.0701. The van der Waals surface area contributed by atoms with Crippen molar-refractivity contribution in [2.75, 3.05) is 14.2 Å². The topological polar surface area (TPSA) is 94.1 Å². The van der Waals surface area contributed by atoms with Crippen LogP contribution in [0.2, 0.25) is 0 Å². The molecule has 1 atom stereocenters. The summed E-state index contributed by atoms with van der Waals surface area (Å²) in [4.78, 5) is 24.5. The van der Waals surface area contributed by atoms with Crippen LogP contribution in [0.1, 0.15) is 60.9 Å². The molecule has 2 fully saturated rings. The molecule has 5 rings (SSSR count). The van der Waals surface area contributed by atoms with Crippen LogP contribution in [-0.4, -0.2) is 37.3 Å². The number of aliphatic carboxylic acids is 1. The van der Waals surface area contributed by atoms with Crippen LogP contribution < -0.4 is 19.5 Å². The summed E-state index contributed by atoms with van der Waals surface area (Å²) >= 11 is 0. The maximum Gasteiger partial charge on any atom is 0.313 e. The third-order valence-corrected chi connectivity index (χ3v) is 7.92. The van der Waals surface area contributed by atoms with E-state index in [1.807, 2.05) is 30.3 Å². The fourth-order valence-electron chi connectivity index (χ4n) is 5.43. The summed E-state index contributed by atoms with van der Waals surface area (Å²) in [5.41, 5.74) is 2.39. The number of benzene rings is 2. The molecule has 1 amide bonds. The van der Waals surface area contributed by atoms with Crippen LogP contribution in [0.4, 0.5) is 0 Å². The number of hydrogen-bond acceptors (Lipinski definition) is 5. The van der Waals surface area contributed by atoms with Crippen molar-refractivity contribution in [2.24, 2.45) is 11.3 Å². The highest BCUT2D eigenvalue weighted by atomic mass is 16.5. The summed E-state index contributed by atoms with van der Waals surface area (Å²) in [7, 11) is 3.14. The van der Waals surface area contributed by atoms with E-state index in [0.29, 0.717) is 54.5 Å². The standard InChI is InChI=1S/C27H31NO6/c1-32-21-10-9-19(17-7-8-20-18(14-17)15-28-25(20)29)23(24(21)33-2)34-22(13-16-5-3-6-16)27(26(30)31)11-4-12-27/h7-10,14,16,22H,3-6,11-13,15H2,1-2H3,(H,28,29)(H,30,31). The van der Waals surface area contributed by atoms with Gasteiger partial charge in [-0.3, -0.25) is 9.59 Å². The molecule has 0 spiro atoms. The number of carboxylic acid groups (broad SMARTS) is 1. The number of carbonyl (C=O) groups excluding carboxylic acids is 1. The van der Waals surface area contributed by atoms with Gasteiger partial charge in [0.1, 0.15) is 11.5 Å². The first-order chi connectivity index (χ1) is 16.5. The molecule has 2 aromatic rings. The summed E-state index contributed by atoms with van der Waals surface area (Å²) in [6, 6.07) is 9.45. The van der Waals surface area contributed by atoms with E-state index in [1.165, 1.54) is 6.42 Å². The lowest BCUT2D eigenvalue weighted by Gasteiger charge is -2.46. The minimum Gasteiger partial charge on any atom is -0.493 e. The summed E-state index contributed by atoms with van der Waals surface area (Å²) in [6.45, 7) is 0.484. The lowest BCUT2D eigenvalue weighted by Crippen LogP contribution is -2.51. The monoisotopic (exact) mass is 465 g/mol. The predicted octanol–water partition coefficient (Wildman–Crippen LogP) is 4.81. The number of carboxylic acids is 1. The first-order valence-corrected chi connectivity index (χ1v) is 12.0. The number of methoxy groups -OCH3 is 2. The number of rotatable bonds is 9. The molecule has 2 saturated carbocycles. The number of carbonyl (C=O) groups is 2. The van der Waals surface area contributed by atoms with Crippen molar-refractivity contribution in [3.05, 3.63) is 41.5 Å². The molecule has 34 heavy (non-hydrogen) atoms. The van der Waals surface area contributed by atoms with Crippen LogP contribution in [0.5, 0.6) is 17.2 Å². The van der Waals surface area contributed by atoms with E-state index in [1.54, 1.807) is 14.2 Å². The van der Waals surface area contributed by atoms with Crippen LogP contribution in [0.15, 0.2) is 30.3 Å². The van der Waals surface area contributed by atoms with E-state index in [2.05, 4.69) is 5.32 Å². The first kappa shape index (κ1) is 22.6. The molecule has 7 nitrogen and oxygen atoms in total. The fourth-order valence-corrected chi connectivity index (χ4v) is 5.43. The Morgan fingerprint density at radius 1 is 1.09 bits per heavy atom. The van der Waals surface area contributed by atoms with Gasteiger partial charge in [0.2, 0.25) is 5.75 Å². The van der Waals surface area contributed by atoms with Crippen LogP contribution >= 0.6 is 0 Å². The average molecular weight is 466 g/mol. The Balaban J connectivity index is 1.60. The van der Waals surface area contributed by atoms with E-state index in [0.717, 1.165) is 36.0 Å². The lowest BCUT2D eigenvalue weighted by molar-refractivity contribution is -0.165. The van der Waals surface area contributed by atoms with Crippen molar-refractivity contribution in [3.8, 4) is 28.4 Å². The number of hydrogen-bond donors (Lipinski definition) is 2. The van der Waals surface area contributed by atoms with Crippen LogP contribution in [0.3, 0.4) is 0 Å². The van der Waals surface area contributed by atoms with Gasteiger partial charge in [-0.05, 0) is 60.6 Å². The highest BCUT2D eigenvalue weighted by molar-refractivity contribution is 5.99. The van der Waals surface area contributed by atoms with Gasteiger partial charge in [0.25, 0.3) is 5.91 Å². The van der Waals surface area contributed by atoms with Gasteiger partial charge in [-0.2, -0.15) is 0 Å². The van der Waals surface area contributed by atoms with Gasteiger partial charge in [-0.1, -0.05) is 31.7 Å². The summed E-state index contributed by atoms with van der Waals surface area (Å²) in [5, 5.41) is 13.1. The van der Waals surface area contributed by atoms with E-state index in [9.17, 15) is 14.7 Å². The second-order valence-corrected chi connectivity index (χ2v) is 9.69. The molecular weight excluding hydrogens is 434 g/mol. The Hall–Kier alpha value is -3.22. The zero-order chi connectivity index (χ0) is 23.9. The van der Waals surface area contributed by atoms with Gasteiger partial charge in [0.05, 0.1) is 14.2 Å². The maximum atomic E-state index is 12.4. The third-order valence-electron chi connectivity index (χ3n) is 7.92. The number of fused-ring (bicyclic) bond motifs is 1. The molecule has 0 aromatic heterocycles. The molecule has 3 aliphatic rings. The lowest BCUT2D eigenvalue weighted by atomic mass is 9.62. The smallest absolute Gasteiger partial charge is 0.313 e. The van der Waals surface area contributed by atoms with Crippen LogP contribution in [0.25, 0.3) is 11.1 Å². The van der Waals surface area contributed by atoms with E-state index >= 15 is 0 Å². The van der Waals surface area contributed by atoms with Crippen molar-refractivity contribution < 1.29 is 28.9 Å². The number of ether oxygens (including phenoxy) is 3. The van der Waals surface area contributed by atoms with Crippen molar-refractivity contribution >= 4 is 11.9 Å². The fraction of sp³-hybridized carbons (Fsp3) is 0.481.